The van der Waals surface area contributed by atoms with Gasteiger partial charge in [-0.3, -0.25) is 4.79 Å². The zero-order chi connectivity index (χ0) is 17.8. The van der Waals surface area contributed by atoms with Crippen molar-refractivity contribution < 1.29 is 19.0 Å². The Balaban J connectivity index is 1.99. The van der Waals surface area contributed by atoms with E-state index in [0.717, 1.165) is 29.0 Å². The maximum Gasteiger partial charge on any atom is 0.225 e. The van der Waals surface area contributed by atoms with E-state index in [1.807, 2.05) is 36.4 Å². The summed E-state index contributed by atoms with van der Waals surface area (Å²) >= 11 is 0. The second-order valence-corrected chi connectivity index (χ2v) is 6.01. The fourth-order valence-corrected chi connectivity index (χ4v) is 3.14. The topological polar surface area (TPSA) is 56.8 Å². The largest absolute Gasteiger partial charge is 0.497 e. The zero-order valence-corrected chi connectivity index (χ0v) is 14.8. The molecule has 0 saturated carbocycles. The third-order valence-corrected chi connectivity index (χ3v) is 4.34. The number of hydrogen-bond donors (Lipinski definition) is 1. The Labute approximate surface area is 147 Å². The van der Waals surface area contributed by atoms with E-state index < -0.39 is 0 Å². The molecule has 1 amide bonds. The molecule has 0 radical (unpaired) electrons. The van der Waals surface area contributed by atoms with Gasteiger partial charge < -0.3 is 19.5 Å². The number of methoxy groups -OCH3 is 2. The third kappa shape index (κ3) is 3.55. The first-order valence-corrected chi connectivity index (χ1v) is 8.44. The molecule has 1 atom stereocenters. The number of fused-ring (bicyclic) bond motifs is 1. The molecular formula is C20H23NO4. The van der Waals surface area contributed by atoms with Crippen LogP contribution in [0.4, 0.5) is 5.69 Å². The maximum absolute atomic E-state index is 12.2. The number of carbonyl (C=O) groups is 1. The molecule has 25 heavy (non-hydrogen) atoms. The van der Waals surface area contributed by atoms with E-state index in [9.17, 15) is 4.79 Å². The van der Waals surface area contributed by atoms with Gasteiger partial charge in [0.05, 0.1) is 26.5 Å². The fourth-order valence-electron chi connectivity index (χ4n) is 3.14. The summed E-state index contributed by atoms with van der Waals surface area (Å²) in [7, 11) is 3.22. The van der Waals surface area contributed by atoms with Crippen molar-refractivity contribution in [1.82, 2.24) is 0 Å². The van der Waals surface area contributed by atoms with Gasteiger partial charge in [-0.15, -0.1) is 0 Å². The molecular weight excluding hydrogens is 318 g/mol. The lowest BCUT2D eigenvalue weighted by molar-refractivity contribution is -0.116. The molecule has 5 nitrogen and oxygen atoms in total. The summed E-state index contributed by atoms with van der Waals surface area (Å²) in [6.45, 7) is 2.77. The van der Waals surface area contributed by atoms with E-state index in [1.165, 1.54) is 0 Å². The van der Waals surface area contributed by atoms with Crippen LogP contribution in [0.3, 0.4) is 0 Å². The summed E-state index contributed by atoms with van der Waals surface area (Å²) in [6.07, 6.45) is 1.35. The molecule has 0 aliphatic carbocycles. The van der Waals surface area contributed by atoms with Gasteiger partial charge in [-0.2, -0.15) is 0 Å². The second-order valence-electron chi connectivity index (χ2n) is 6.01. The van der Waals surface area contributed by atoms with Crippen LogP contribution < -0.4 is 19.5 Å². The van der Waals surface area contributed by atoms with Crippen LogP contribution in [0.15, 0.2) is 36.4 Å². The summed E-state index contributed by atoms with van der Waals surface area (Å²) in [5.41, 5.74) is 2.78. The molecule has 0 unspecified atom stereocenters. The minimum absolute atomic E-state index is 0.0147. The summed E-state index contributed by atoms with van der Waals surface area (Å²) in [5, 5.41) is 2.92. The van der Waals surface area contributed by atoms with Crippen molar-refractivity contribution in [1.29, 1.82) is 0 Å². The Morgan fingerprint density at radius 2 is 1.84 bits per heavy atom. The van der Waals surface area contributed by atoms with Gasteiger partial charge in [0.1, 0.15) is 17.2 Å². The van der Waals surface area contributed by atoms with Crippen LogP contribution in [0, 0.1) is 0 Å². The molecule has 0 saturated heterocycles. The van der Waals surface area contributed by atoms with E-state index >= 15 is 0 Å². The standard InChI is InChI=1S/C20H23NO4/c1-4-9-25-14-7-5-13(6-8-14)16-12-19(22)21-17-10-15(23-2)11-18(24-3)20(16)17/h5-8,10-11,16H,4,9,12H2,1-3H3,(H,21,22)/t16-/m1/s1. The van der Waals surface area contributed by atoms with E-state index in [4.69, 9.17) is 14.2 Å². The van der Waals surface area contributed by atoms with Gasteiger partial charge in [0, 0.05) is 30.0 Å². The molecule has 0 fully saturated rings. The number of carbonyl (C=O) groups excluding carboxylic acids is 1. The van der Waals surface area contributed by atoms with Crippen molar-refractivity contribution >= 4 is 11.6 Å². The van der Waals surface area contributed by atoms with Crippen molar-refractivity contribution in [2.45, 2.75) is 25.7 Å². The highest BCUT2D eigenvalue weighted by atomic mass is 16.5. The Kier molecular flexibility index (Phi) is 5.12. The van der Waals surface area contributed by atoms with Gasteiger partial charge in [0.2, 0.25) is 5.91 Å². The fraction of sp³-hybridized carbons (Fsp3) is 0.350. The molecule has 1 aliphatic rings. The number of hydrogen-bond acceptors (Lipinski definition) is 4. The lowest BCUT2D eigenvalue weighted by atomic mass is 9.84. The highest BCUT2D eigenvalue weighted by Crippen LogP contribution is 2.45. The minimum Gasteiger partial charge on any atom is -0.497 e. The lowest BCUT2D eigenvalue weighted by Gasteiger charge is -2.28. The van der Waals surface area contributed by atoms with Gasteiger partial charge in [-0.05, 0) is 24.1 Å². The summed E-state index contributed by atoms with van der Waals surface area (Å²) in [4.78, 5) is 12.2. The van der Waals surface area contributed by atoms with Gasteiger partial charge in [0.15, 0.2) is 0 Å². The lowest BCUT2D eigenvalue weighted by Crippen LogP contribution is -2.24. The van der Waals surface area contributed by atoms with Crippen LogP contribution in [-0.2, 0) is 4.79 Å². The highest BCUT2D eigenvalue weighted by Gasteiger charge is 2.30. The average Bonchev–Trinajstić information content (AvgIpc) is 2.64. The zero-order valence-electron chi connectivity index (χ0n) is 14.8. The summed E-state index contributed by atoms with van der Waals surface area (Å²) in [6, 6.07) is 11.6. The van der Waals surface area contributed by atoms with Gasteiger partial charge >= 0.3 is 0 Å². The SMILES string of the molecule is CCCOc1ccc([C@H]2CC(=O)Nc3cc(OC)cc(OC)c32)cc1. The first-order chi connectivity index (χ1) is 12.2. The van der Waals surface area contributed by atoms with Crippen LogP contribution in [0.1, 0.15) is 36.8 Å². The van der Waals surface area contributed by atoms with E-state index in [0.29, 0.717) is 24.5 Å². The van der Waals surface area contributed by atoms with Crippen LogP contribution in [0.5, 0.6) is 17.2 Å². The van der Waals surface area contributed by atoms with E-state index in [2.05, 4.69) is 12.2 Å². The maximum atomic E-state index is 12.2. The predicted molar refractivity (Wildman–Crippen MR) is 96.9 cm³/mol. The molecule has 132 valence electrons. The van der Waals surface area contributed by atoms with Gasteiger partial charge in [-0.1, -0.05) is 19.1 Å². The molecule has 1 aliphatic heterocycles. The number of amides is 1. The molecule has 3 rings (SSSR count). The van der Waals surface area contributed by atoms with Crippen molar-refractivity contribution in [3.05, 3.63) is 47.5 Å². The Bertz CT molecular complexity index is 755. The van der Waals surface area contributed by atoms with Crippen LogP contribution in [0.25, 0.3) is 0 Å². The quantitative estimate of drug-likeness (QED) is 0.864. The summed E-state index contributed by atoms with van der Waals surface area (Å²) in [5.74, 6) is 2.13. The molecule has 2 aromatic rings. The normalized spacial score (nSPS) is 16.0. The molecule has 0 bridgehead atoms. The number of rotatable bonds is 6. The van der Waals surface area contributed by atoms with E-state index in [-0.39, 0.29) is 11.8 Å². The predicted octanol–water partition coefficient (Wildman–Crippen LogP) is 3.97. The van der Waals surface area contributed by atoms with Crippen LogP contribution in [0.2, 0.25) is 0 Å². The number of anilines is 1. The van der Waals surface area contributed by atoms with Gasteiger partial charge in [-0.25, -0.2) is 0 Å². The van der Waals surface area contributed by atoms with Crippen molar-refractivity contribution in [3.63, 3.8) is 0 Å². The minimum atomic E-state index is -0.0650. The smallest absolute Gasteiger partial charge is 0.225 e. The van der Waals surface area contributed by atoms with Crippen molar-refractivity contribution in [3.8, 4) is 17.2 Å². The Morgan fingerprint density at radius 3 is 2.48 bits per heavy atom. The molecule has 0 spiro atoms. The van der Waals surface area contributed by atoms with Crippen molar-refractivity contribution in [2.24, 2.45) is 0 Å². The monoisotopic (exact) mass is 341 g/mol. The molecule has 5 heteroatoms. The molecule has 1 heterocycles. The average molecular weight is 341 g/mol. The second kappa shape index (κ2) is 7.47. The number of benzene rings is 2. The first kappa shape index (κ1) is 17.1. The van der Waals surface area contributed by atoms with Gasteiger partial charge in [0.25, 0.3) is 0 Å². The number of nitrogens with one attached hydrogen (secondary N) is 1. The van der Waals surface area contributed by atoms with Crippen LogP contribution >= 0.6 is 0 Å². The molecule has 1 N–H and O–H groups in total. The number of ether oxygens (including phenoxy) is 3. The Morgan fingerprint density at radius 1 is 1.08 bits per heavy atom. The molecule has 2 aromatic carbocycles. The highest BCUT2D eigenvalue weighted by molar-refractivity contribution is 5.96. The third-order valence-electron chi connectivity index (χ3n) is 4.34. The molecule has 0 aromatic heterocycles. The van der Waals surface area contributed by atoms with Crippen LogP contribution in [-0.4, -0.2) is 26.7 Å². The van der Waals surface area contributed by atoms with Crippen molar-refractivity contribution in [2.75, 3.05) is 26.1 Å². The Hall–Kier alpha value is -2.69. The first-order valence-electron chi connectivity index (χ1n) is 8.44. The van der Waals surface area contributed by atoms with E-state index in [1.54, 1.807) is 14.2 Å². The summed E-state index contributed by atoms with van der Waals surface area (Å²) < 4.78 is 16.5.